The van der Waals surface area contributed by atoms with Gasteiger partial charge in [0, 0.05) is 0 Å². The highest BCUT2D eigenvalue weighted by atomic mass is 35.5. The topological polar surface area (TPSA) is 0 Å². The molecule has 0 amide bonds. The second-order valence-corrected chi connectivity index (χ2v) is 4.42. The summed E-state index contributed by atoms with van der Waals surface area (Å²) in [6.07, 6.45) is 5.43. The van der Waals surface area contributed by atoms with Crippen LogP contribution in [0.25, 0.3) is 0 Å². The molecule has 0 aromatic rings. The zero-order valence-electron chi connectivity index (χ0n) is 4.28. The van der Waals surface area contributed by atoms with Crippen LogP contribution >= 0.6 is 20.2 Å². The molecule has 1 heterocycles. The van der Waals surface area contributed by atoms with E-state index in [1.807, 2.05) is 0 Å². The van der Waals surface area contributed by atoms with E-state index in [1.165, 1.54) is 25.4 Å². The lowest BCUT2D eigenvalue weighted by molar-refractivity contribution is 0.737. The van der Waals surface area contributed by atoms with Crippen LogP contribution in [0.2, 0.25) is 0 Å². The van der Waals surface area contributed by atoms with E-state index in [1.54, 1.807) is 0 Å². The van der Waals surface area contributed by atoms with E-state index < -0.39 is 0 Å². The molecule has 0 aromatic heterocycles. The number of rotatable bonds is 0. The highest BCUT2D eigenvalue weighted by Gasteiger charge is 2.07. The highest BCUT2D eigenvalue weighted by molar-refractivity contribution is 7.41. The van der Waals surface area contributed by atoms with Gasteiger partial charge >= 0.3 is 0 Å². The van der Waals surface area contributed by atoms with E-state index in [0.717, 1.165) is 8.58 Å². The SMILES string of the molecule is ClC1CCCCP1. The van der Waals surface area contributed by atoms with Crippen LogP contribution in [0.5, 0.6) is 0 Å². The van der Waals surface area contributed by atoms with Gasteiger partial charge in [0.25, 0.3) is 0 Å². The van der Waals surface area contributed by atoms with Crippen LogP contribution in [-0.4, -0.2) is 11.3 Å². The first-order chi connectivity index (χ1) is 3.39. The minimum atomic E-state index is 0.536. The Balaban J connectivity index is 2.12. The minimum absolute atomic E-state index is 0.536. The van der Waals surface area contributed by atoms with Gasteiger partial charge in [-0.05, 0) is 19.0 Å². The molecular formula is C5H10ClP. The van der Waals surface area contributed by atoms with Gasteiger partial charge in [0.2, 0.25) is 0 Å². The van der Waals surface area contributed by atoms with Crippen LogP contribution in [0, 0.1) is 0 Å². The Bertz CT molecular complexity index is 50.0. The van der Waals surface area contributed by atoms with Crippen molar-refractivity contribution in [1.29, 1.82) is 0 Å². The molecule has 0 spiro atoms. The number of halogens is 1. The molecule has 2 atom stereocenters. The molecule has 0 aliphatic carbocycles. The molecule has 2 unspecified atom stereocenters. The van der Waals surface area contributed by atoms with E-state index in [0.29, 0.717) is 5.12 Å². The van der Waals surface area contributed by atoms with Crippen LogP contribution in [0.15, 0.2) is 0 Å². The smallest absolute Gasteiger partial charge is 0.0504 e. The summed E-state index contributed by atoms with van der Waals surface area (Å²) in [7, 11) is 1.04. The first-order valence-corrected chi connectivity index (χ1v) is 4.49. The van der Waals surface area contributed by atoms with E-state index in [2.05, 4.69) is 0 Å². The molecule has 1 aliphatic rings. The summed E-state index contributed by atoms with van der Waals surface area (Å²) in [5, 5.41) is 0.536. The van der Waals surface area contributed by atoms with Crippen molar-refractivity contribution in [2.45, 2.75) is 24.4 Å². The second kappa shape index (κ2) is 2.89. The molecule has 0 N–H and O–H groups in total. The predicted molar refractivity (Wildman–Crippen MR) is 36.7 cm³/mol. The fraction of sp³-hybridized carbons (Fsp3) is 1.00. The van der Waals surface area contributed by atoms with E-state index >= 15 is 0 Å². The molecule has 0 radical (unpaired) electrons. The number of hydrogen-bond donors (Lipinski definition) is 0. The van der Waals surface area contributed by atoms with Crippen molar-refractivity contribution in [2.75, 3.05) is 6.16 Å². The van der Waals surface area contributed by atoms with Gasteiger partial charge in [-0.2, -0.15) is 0 Å². The van der Waals surface area contributed by atoms with E-state index in [4.69, 9.17) is 11.6 Å². The van der Waals surface area contributed by atoms with Crippen molar-refractivity contribution in [3.63, 3.8) is 0 Å². The summed E-state index contributed by atoms with van der Waals surface area (Å²) in [5.41, 5.74) is 0. The van der Waals surface area contributed by atoms with Gasteiger partial charge < -0.3 is 0 Å². The number of hydrogen-bond acceptors (Lipinski definition) is 0. The van der Waals surface area contributed by atoms with Gasteiger partial charge in [0.1, 0.15) is 0 Å². The van der Waals surface area contributed by atoms with Gasteiger partial charge in [-0.1, -0.05) is 6.42 Å². The molecule has 0 bridgehead atoms. The maximum atomic E-state index is 5.83. The Labute approximate surface area is 51.4 Å². The van der Waals surface area contributed by atoms with Crippen LogP contribution in [0.1, 0.15) is 19.3 Å². The maximum Gasteiger partial charge on any atom is 0.0504 e. The molecule has 0 nitrogen and oxygen atoms in total. The maximum absolute atomic E-state index is 5.83. The zero-order chi connectivity index (χ0) is 5.11. The molecule has 7 heavy (non-hydrogen) atoms. The standard InChI is InChI=1S/C5H10ClP/c6-5-3-1-2-4-7-5/h5,7H,1-4H2. The Morgan fingerprint density at radius 2 is 2.29 bits per heavy atom. The predicted octanol–water partition coefficient (Wildman–Crippen LogP) is 2.41. The lowest BCUT2D eigenvalue weighted by Gasteiger charge is -2.13. The average Bonchev–Trinajstić information content (AvgIpc) is 1.69. The van der Waals surface area contributed by atoms with Crippen molar-refractivity contribution in [1.82, 2.24) is 0 Å². The number of alkyl halides is 1. The monoisotopic (exact) mass is 136 g/mol. The lowest BCUT2D eigenvalue weighted by atomic mass is 10.3. The normalized spacial score (nSPS) is 36.4. The third kappa shape index (κ3) is 1.97. The summed E-state index contributed by atoms with van der Waals surface area (Å²) in [6.45, 7) is 0. The van der Waals surface area contributed by atoms with E-state index in [9.17, 15) is 0 Å². The Hall–Kier alpha value is 0.720. The lowest BCUT2D eigenvalue weighted by Crippen LogP contribution is -1.98. The fourth-order valence-electron chi connectivity index (χ4n) is 0.809. The Kier molecular flexibility index (Phi) is 2.42. The molecule has 1 saturated heterocycles. The van der Waals surface area contributed by atoms with Crippen LogP contribution in [-0.2, 0) is 0 Å². The molecule has 2 heteroatoms. The second-order valence-electron chi connectivity index (χ2n) is 1.92. The van der Waals surface area contributed by atoms with Crippen LogP contribution in [0.3, 0.4) is 0 Å². The van der Waals surface area contributed by atoms with Gasteiger partial charge in [-0.15, -0.1) is 20.2 Å². The first kappa shape index (κ1) is 5.85. The minimum Gasteiger partial charge on any atom is -0.118 e. The van der Waals surface area contributed by atoms with Gasteiger partial charge in [0.15, 0.2) is 0 Å². The van der Waals surface area contributed by atoms with Crippen LogP contribution < -0.4 is 0 Å². The quantitative estimate of drug-likeness (QED) is 0.354. The zero-order valence-corrected chi connectivity index (χ0v) is 6.04. The molecule has 1 rings (SSSR count). The Morgan fingerprint density at radius 1 is 1.43 bits per heavy atom. The Morgan fingerprint density at radius 3 is 2.57 bits per heavy atom. The molecule has 0 saturated carbocycles. The van der Waals surface area contributed by atoms with Crippen molar-refractivity contribution in [2.24, 2.45) is 0 Å². The highest BCUT2D eigenvalue weighted by Crippen LogP contribution is 2.32. The average molecular weight is 137 g/mol. The molecule has 42 valence electrons. The van der Waals surface area contributed by atoms with E-state index in [-0.39, 0.29) is 0 Å². The first-order valence-electron chi connectivity index (χ1n) is 2.77. The summed E-state index contributed by atoms with van der Waals surface area (Å²) in [5.74, 6) is 0. The molecular weight excluding hydrogens is 126 g/mol. The van der Waals surface area contributed by atoms with Crippen molar-refractivity contribution < 1.29 is 0 Å². The van der Waals surface area contributed by atoms with Crippen molar-refractivity contribution >= 4 is 20.2 Å². The summed E-state index contributed by atoms with van der Waals surface area (Å²) in [6, 6.07) is 0. The molecule has 1 fully saturated rings. The van der Waals surface area contributed by atoms with Crippen molar-refractivity contribution in [3.05, 3.63) is 0 Å². The van der Waals surface area contributed by atoms with Crippen LogP contribution in [0.4, 0.5) is 0 Å². The molecule has 0 aromatic carbocycles. The van der Waals surface area contributed by atoms with Gasteiger partial charge in [0.05, 0.1) is 5.12 Å². The summed E-state index contributed by atoms with van der Waals surface area (Å²) in [4.78, 5) is 0. The summed E-state index contributed by atoms with van der Waals surface area (Å²) < 4.78 is 0. The van der Waals surface area contributed by atoms with Crippen molar-refractivity contribution in [3.8, 4) is 0 Å². The third-order valence-corrected chi connectivity index (χ3v) is 3.31. The largest absolute Gasteiger partial charge is 0.118 e. The molecule has 1 aliphatic heterocycles. The van der Waals surface area contributed by atoms with Gasteiger partial charge in [-0.3, -0.25) is 0 Å². The summed E-state index contributed by atoms with van der Waals surface area (Å²) >= 11 is 5.83. The van der Waals surface area contributed by atoms with Gasteiger partial charge in [-0.25, -0.2) is 0 Å². The third-order valence-electron chi connectivity index (χ3n) is 1.25. The fourth-order valence-corrected chi connectivity index (χ4v) is 2.47.